The zero-order chi connectivity index (χ0) is 13.4. The van der Waals surface area contributed by atoms with Crippen LogP contribution >= 0.6 is 0 Å². The lowest BCUT2D eigenvalue weighted by atomic mass is 10.2. The maximum absolute atomic E-state index is 5.66. The van der Waals surface area contributed by atoms with Gasteiger partial charge in [0.25, 0.3) is 0 Å². The van der Waals surface area contributed by atoms with Gasteiger partial charge in [-0.2, -0.15) is 0 Å². The fraction of sp³-hybridized carbons (Fsp3) is 0.267. The molecule has 0 radical (unpaired) electrons. The van der Waals surface area contributed by atoms with Crippen molar-refractivity contribution in [2.75, 3.05) is 7.11 Å². The topological polar surface area (TPSA) is 31.4 Å². The summed E-state index contributed by atoms with van der Waals surface area (Å²) in [5, 5.41) is 0. The second kappa shape index (κ2) is 7.33. The number of pyridine rings is 1. The first kappa shape index (κ1) is 14.0. The van der Waals surface area contributed by atoms with E-state index in [2.05, 4.69) is 4.98 Å². The lowest BCUT2D eigenvalue weighted by Crippen LogP contribution is -1.92. The molecule has 0 spiro atoms. The van der Waals surface area contributed by atoms with E-state index in [-0.39, 0.29) is 0 Å². The molecule has 0 aliphatic rings. The highest BCUT2D eigenvalue weighted by Crippen LogP contribution is 2.29. The Bertz CT molecular complexity index is 469. The van der Waals surface area contributed by atoms with Crippen LogP contribution in [0.5, 0.6) is 17.4 Å². The third kappa shape index (κ3) is 3.48. The number of ether oxygens (including phenoxy) is 2. The van der Waals surface area contributed by atoms with Gasteiger partial charge in [0.1, 0.15) is 11.5 Å². The van der Waals surface area contributed by atoms with Crippen LogP contribution in [0, 0.1) is 6.92 Å². The Morgan fingerprint density at radius 3 is 2.28 bits per heavy atom. The third-order valence-corrected chi connectivity index (χ3v) is 2.31. The highest BCUT2D eigenvalue weighted by atomic mass is 16.5. The fourth-order valence-electron chi connectivity index (χ4n) is 1.45. The fourth-order valence-corrected chi connectivity index (χ4v) is 1.45. The van der Waals surface area contributed by atoms with Gasteiger partial charge in [0.05, 0.1) is 7.11 Å². The van der Waals surface area contributed by atoms with E-state index >= 15 is 0 Å². The van der Waals surface area contributed by atoms with Gasteiger partial charge in [0.2, 0.25) is 5.88 Å². The van der Waals surface area contributed by atoms with Gasteiger partial charge in [-0.15, -0.1) is 0 Å². The number of hydrogen-bond acceptors (Lipinski definition) is 3. The monoisotopic (exact) mass is 245 g/mol. The first-order valence-corrected chi connectivity index (χ1v) is 6.04. The van der Waals surface area contributed by atoms with Gasteiger partial charge >= 0.3 is 0 Å². The molecule has 0 unspecified atom stereocenters. The molecule has 96 valence electrons. The summed E-state index contributed by atoms with van der Waals surface area (Å²) in [6.07, 6.45) is 1.70. The number of rotatable bonds is 3. The Kier molecular flexibility index (Phi) is 5.71. The highest BCUT2D eigenvalue weighted by Gasteiger charge is 2.06. The minimum atomic E-state index is 0.582. The second-order valence-corrected chi connectivity index (χ2v) is 3.35. The zero-order valence-corrected chi connectivity index (χ0v) is 11.3. The average molecular weight is 245 g/mol. The summed E-state index contributed by atoms with van der Waals surface area (Å²) in [7, 11) is 1.65. The third-order valence-electron chi connectivity index (χ3n) is 2.31. The summed E-state index contributed by atoms with van der Waals surface area (Å²) in [6.45, 7) is 5.96. The molecule has 0 fully saturated rings. The van der Waals surface area contributed by atoms with E-state index in [0.29, 0.717) is 5.88 Å². The molecule has 0 aliphatic heterocycles. The van der Waals surface area contributed by atoms with Crippen LogP contribution in [0.1, 0.15) is 19.4 Å². The molecule has 2 rings (SSSR count). The second-order valence-electron chi connectivity index (χ2n) is 3.35. The number of hydrogen-bond donors (Lipinski definition) is 0. The SMILES string of the molecule is CC.COc1cccc(Oc2ccccn2)c1C. The zero-order valence-electron chi connectivity index (χ0n) is 11.3. The minimum absolute atomic E-state index is 0.582. The van der Waals surface area contributed by atoms with E-state index in [1.807, 2.05) is 57.2 Å². The summed E-state index contributed by atoms with van der Waals surface area (Å²) in [4.78, 5) is 4.11. The number of benzene rings is 1. The van der Waals surface area contributed by atoms with Crippen molar-refractivity contribution < 1.29 is 9.47 Å². The van der Waals surface area contributed by atoms with E-state index in [1.54, 1.807) is 13.3 Å². The molecule has 3 nitrogen and oxygen atoms in total. The first-order chi connectivity index (χ1) is 8.81. The average Bonchev–Trinajstić information content (AvgIpc) is 2.44. The van der Waals surface area contributed by atoms with E-state index in [9.17, 15) is 0 Å². The molecule has 0 saturated heterocycles. The van der Waals surface area contributed by atoms with Gasteiger partial charge in [-0.25, -0.2) is 4.98 Å². The summed E-state index contributed by atoms with van der Waals surface area (Å²) in [5.41, 5.74) is 0.968. The number of nitrogens with zero attached hydrogens (tertiary/aromatic N) is 1. The van der Waals surface area contributed by atoms with E-state index < -0.39 is 0 Å². The van der Waals surface area contributed by atoms with E-state index in [4.69, 9.17) is 9.47 Å². The molecule has 2 aromatic rings. The molecule has 0 atom stereocenters. The molecule has 0 saturated carbocycles. The summed E-state index contributed by atoms with van der Waals surface area (Å²) in [5.74, 6) is 2.16. The molecule has 18 heavy (non-hydrogen) atoms. The number of aromatic nitrogens is 1. The van der Waals surface area contributed by atoms with Crippen LogP contribution in [0.15, 0.2) is 42.6 Å². The van der Waals surface area contributed by atoms with Crippen LogP contribution in [-0.4, -0.2) is 12.1 Å². The smallest absolute Gasteiger partial charge is 0.219 e. The van der Waals surface area contributed by atoms with Gasteiger partial charge in [-0.05, 0) is 25.1 Å². The van der Waals surface area contributed by atoms with Crippen LogP contribution < -0.4 is 9.47 Å². The van der Waals surface area contributed by atoms with E-state index in [1.165, 1.54) is 0 Å². The van der Waals surface area contributed by atoms with Crippen molar-refractivity contribution in [3.05, 3.63) is 48.2 Å². The maximum Gasteiger partial charge on any atom is 0.219 e. The minimum Gasteiger partial charge on any atom is -0.496 e. The molecule has 0 bridgehead atoms. The largest absolute Gasteiger partial charge is 0.496 e. The molecule has 3 heteroatoms. The lowest BCUT2D eigenvalue weighted by molar-refractivity contribution is 0.402. The van der Waals surface area contributed by atoms with Gasteiger partial charge in [-0.3, -0.25) is 0 Å². The normalized spacial score (nSPS) is 9.11. The predicted molar refractivity (Wildman–Crippen MR) is 73.4 cm³/mol. The van der Waals surface area contributed by atoms with Crippen LogP contribution in [0.2, 0.25) is 0 Å². The van der Waals surface area contributed by atoms with Crippen molar-refractivity contribution >= 4 is 0 Å². The van der Waals surface area contributed by atoms with Gasteiger partial charge in [0, 0.05) is 17.8 Å². The Labute approximate surface area is 108 Å². The number of methoxy groups -OCH3 is 1. The first-order valence-electron chi connectivity index (χ1n) is 6.04. The van der Waals surface area contributed by atoms with Crippen LogP contribution in [0.25, 0.3) is 0 Å². The van der Waals surface area contributed by atoms with Gasteiger partial charge in [0.15, 0.2) is 0 Å². The van der Waals surface area contributed by atoms with E-state index in [0.717, 1.165) is 17.1 Å². The van der Waals surface area contributed by atoms with Crippen molar-refractivity contribution in [3.63, 3.8) is 0 Å². The molecule has 1 heterocycles. The Morgan fingerprint density at radius 1 is 0.944 bits per heavy atom. The molecule has 0 aliphatic carbocycles. The Balaban J connectivity index is 0.000000771. The molecule has 1 aromatic carbocycles. The van der Waals surface area contributed by atoms with Crippen molar-refractivity contribution in [3.8, 4) is 17.4 Å². The summed E-state index contributed by atoms with van der Waals surface area (Å²) >= 11 is 0. The predicted octanol–water partition coefficient (Wildman–Crippen LogP) is 4.22. The Hall–Kier alpha value is -2.03. The van der Waals surface area contributed by atoms with Crippen LogP contribution in [-0.2, 0) is 0 Å². The summed E-state index contributed by atoms with van der Waals surface area (Å²) in [6, 6.07) is 11.2. The van der Waals surface area contributed by atoms with Crippen molar-refractivity contribution in [1.29, 1.82) is 0 Å². The standard InChI is InChI=1S/C13H13NO2.C2H6/c1-10-11(15-2)6-5-7-12(10)16-13-8-3-4-9-14-13;1-2/h3-9H,1-2H3;1-2H3. The molecule has 0 N–H and O–H groups in total. The molecular weight excluding hydrogens is 226 g/mol. The molecule has 0 amide bonds. The van der Waals surface area contributed by atoms with Gasteiger partial charge in [-0.1, -0.05) is 26.0 Å². The van der Waals surface area contributed by atoms with Crippen molar-refractivity contribution in [2.45, 2.75) is 20.8 Å². The lowest BCUT2D eigenvalue weighted by Gasteiger charge is -2.10. The van der Waals surface area contributed by atoms with Gasteiger partial charge < -0.3 is 9.47 Å². The van der Waals surface area contributed by atoms with Crippen molar-refractivity contribution in [2.24, 2.45) is 0 Å². The summed E-state index contributed by atoms with van der Waals surface area (Å²) < 4.78 is 10.9. The molecular formula is C15H19NO2. The highest BCUT2D eigenvalue weighted by molar-refractivity contribution is 5.44. The molecule has 1 aromatic heterocycles. The van der Waals surface area contributed by atoms with Crippen molar-refractivity contribution in [1.82, 2.24) is 4.98 Å². The van der Waals surface area contributed by atoms with Crippen LogP contribution in [0.3, 0.4) is 0 Å². The Morgan fingerprint density at radius 2 is 1.67 bits per heavy atom. The van der Waals surface area contributed by atoms with Crippen LogP contribution in [0.4, 0.5) is 0 Å². The quantitative estimate of drug-likeness (QED) is 0.811. The maximum atomic E-state index is 5.66.